The van der Waals surface area contributed by atoms with Gasteiger partial charge in [-0.05, 0) is 25.1 Å². The number of aromatic nitrogens is 3. The summed E-state index contributed by atoms with van der Waals surface area (Å²) >= 11 is 0. The van der Waals surface area contributed by atoms with E-state index in [0.29, 0.717) is 22.8 Å². The summed E-state index contributed by atoms with van der Waals surface area (Å²) in [4.78, 5) is 16.7. The third-order valence-electron chi connectivity index (χ3n) is 4.15. The molecule has 0 aliphatic carbocycles. The molecule has 0 amide bonds. The van der Waals surface area contributed by atoms with Gasteiger partial charge in [-0.2, -0.15) is 10.1 Å². The fraction of sp³-hybridized carbons (Fsp3) is 0.278. The fourth-order valence-corrected chi connectivity index (χ4v) is 2.88. The quantitative estimate of drug-likeness (QED) is 0.629. The van der Waals surface area contributed by atoms with E-state index in [1.807, 2.05) is 0 Å². The van der Waals surface area contributed by atoms with Gasteiger partial charge in [0, 0.05) is 36.2 Å². The molecule has 1 aliphatic rings. The number of carbonyl (C=O) groups is 1. The Morgan fingerprint density at radius 3 is 3.08 bits per heavy atom. The minimum atomic E-state index is -0.469. The molecule has 0 saturated carbocycles. The lowest BCUT2D eigenvalue weighted by Gasteiger charge is -2.18. The average Bonchev–Trinajstić information content (AvgIpc) is 2.97. The topological polar surface area (TPSA) is 65.7 Å². The highest BCUT2D eigenvalue weighted by Gasteiger charge is 2.18. The Hall–Kier alpha value is -2.96. The molecular weight excluding hydrogens is 325 g/mol. The zero-order chi connectivity index (χ0) is 17.4. The van der Waals surface area contributed by atoms with Crippen LogP contribution in [0.5, 0.6) is 11.6 Å². The zero-order valence-corrected chi connectivity index (χ0v) is 13.6. The third-order valence-corrected chi connectivity index (χ3v) is 4.15. The first kappa shape index (κ1) is 15.6. The number of hydrogen-bond acceptors (Lipinski definition) is 5. The molecule has 0 spiro atoms. The summed E-state index contributed by atoms with van der Waals surface area (Å²) in [7, 11) is 0. The molecule has 6 nitrogen and oxygen atoms in total. The maximum atomic E-state index is 13.7. The molecule has 1 aliphatic heterocycles. The molecule has 0 fully saturated rings. The molecule has 3 heterocycles. The minimum absolute atomic E-state index is 0.0268. The van der Waals surface area contributed by atoms with Gasteiger partial charge in [0.2, 0.25) is 5.88 Å². The molecule has 2 aromatic heterocycles. The number of benzene rings is 1. The number of Topliss-reactive ketones (excluding diaryl/α,β-unsaturated/α-hetero) is 1. The first-order chi connectivity index (χ1) is 12.1. The van der Waals surface area contributed by atoms with E-state index in [2.05, 4.69) is 10.1 Å². The summed E-state index contributed by atoms with van der Waals surface area (Å²) in [6.07, 6.45) is 3.38. The van der Waals surface area contributed by atoms with Gasteiger partial charge in [-0.15, -0.1) is 0 Å². The van der Waals surface area contributed by atoms with Crippen LogP contribution in [0.15, 0.2) is 36.7 Å². The number of halogens is 1. The summed E-state index contributed by atoms with van der Waals surface area (Å²) in [5, 5.41) is 4.20. The van der Waals surface area contributed by atoms with Crippen LogP contribution < -0.4 is 9.47 Å². The molecule has 2 bridgehead atoms. The highest BCUT2D eigenvalue weighted by Crippen LogP contribution is 2.30. The Labute approximate surface area is 143 Å². The first-order valence-electron chi connectivity index (χ1n) is 8.04. The van der Waals surface area contributed by atoms with E-state index < -0.39 is 6.10 Å². The largest absolute Gasteiger partial charge is 0.493 e. The van der Waals surface area contributed by atoms with Gasteiger partial charge in [0.1, 0.15) is 23.5 Å². The molecule has 0 N–H and O–H groups in total. The van der Waals surface area contributed by atoms with Crippen LogP contribution >= 0.6 is 0 Å². The molecular formula is C18H16FN3O3. The van der Waals surface area contributed by atoms with Crippen molar-refractivity contribution < 1.29 is 18.7 Å². The molecule has 3 aromatic rings. The van der Waals surface area contributed by atoms with Gasteiger partial charge in [-0.25, -0.2) is 8.91 Å². The van der Waals surface area contributed by atoms with Crippen LogP contribution in [0.3, 0.4) is 0 Å². The number of ketones is 1. The Kier molecular flexibility index (Phi) is 3.83. The SMILES string of the molecule is C[C@H]1Oc2ccn3ncc(c3n2)CC(=O)CCOc2ccc(F)cc21. The van der Waals surface area contributed by atoms with Crippen molar-refractivity contribution in [3.8, 4) is 11.6 Å². The minimum Gasteiger partial charge on any atom is -0.493 e. The fourth-order valence-electron chi connectivity index (χ4n) is 2.88. The van der Waals surface area contributed by atoms with E-state index in [1.165, 1.54) is 12.1 Å². The number of rotatable bonds is 0. The lowest BCUT2D eigenvalue weighted by Crippen LogP contribution is -2.11. The van der Waals surface area contributed by atoms with Crippen LogP contribution in [0.2, 0.25) is 0 Å². The van der Waals surface area contributed by atoms with Gasteiger partial charge in [-0.1, -0.05) is 0 Å². The summed E-state index contributed by atoms with van der Waals surface area (Å²) in [5.41, 5.74) is 1.89. The van der Waals surface area contributed by atoms with Crippen LogP contribution in [-0.4, -0.2) is 27.0 Å². The molecule has 25 heavy (non-hydrogen) atoms. The molecule has 1 aromatic carbocycles. The van der Waals surface area contributed by atoms with E-state index in [0.717, 1.165) is 5.56 Å². The summed E-state index contributed by atoms with van der Waals surface area (Å²) in [6, 6.07) is 5.94. The van der Waals surface area contributed by atoms with Crippen LogP contribution in [0.1, 0.15) is 30.6 Å². The van der Waals surface area contributed by atoms with Crippen LogP contribution in [-0.2, 0) is 11.2 Å². The molecule has 7 heteroatoms. The van der Waals surface area contributed by atoms with Crippen molar-refractivity contribution in [2.24, 2.45) is 0 Å². The van der Waals surface area contributed by atoms with Crippen molar-refractivity contribution in [3.05, 3.63) is 53.6 Å². The number of hydrogen-bond donors (Lipinski definition) is 0. The first-order valence-corrected chi connectivity index (χ1v) is 8.04. The maximum Gasteiger partial charge on any atom is 0.217 e. The van der Waals surface area contributed by atoms with Crippen molar-refractivity contribution in [1.29, 1.82) is 0 Å². The predicted octanol–water partition coefficient (Wildman–Crippen LogP) is 2.90. The molecule has 1 atom stereocenters. The highest BCUT2D eigenvalue weighted by atomic mass is 19.1. The van der Waals surface area contributed by atoms with E-state index in [9.17, 15) is 9.18 Å². The summed E-state index contributed by atoms with van der Waals surface area (Å²) in [6.45, 7) is 2.02. The van der Waals surface area contributed by atoms with Gasteiger partial charge < -0.3 is 9.47 Å². The van der Waals surface area contributed by atoms with E-state index in [1.54, 1.807) is 36.0 Å². The van der Waals surface area contributed by atoms with E-state index in [-0.39, 0.29) is 31.0 Å². The van der Waals surface area contributed by atoms with Crippen molar-refractivity contribution in [3.63, 3.8) is 0 Å². The number of ether oxygens (including phenoxy) is 2. The van der Waals surface area contributed by atoms with Crippen molar-refractivity contribution in [1.82, 2.24) is 14.6 Å². The number of carbonyl (C=O) groups excluding carboxylic acids is 1. The summed E-state index contributed by atoms with van der Waals surface area (Å²) < 4.78 is 26.9. The maximum absolute atomic E-state index is 13.7. The van der Waals surface area contributed by atoms with Gasteiger partial charge in [0.15, 0.2) is 5.65 Å². The van der Waals surface area contributed by atoms with Crippen molar-refractivity contribution in [2.75, 3.05) is 6.61 Å². The lowest BCUT2D eigenvalue weighted by molar-refractivity contribution is -0.118. The monoisotopic (exact) mass is 341 g/mol. The Morgan fingerprint density at radius 1 is 1.32 bits per heavy atom. The number of fused-ring (bicyclic) bond motifs is 2. The highest BCUT2D eigenvalue weighted by molar-refractivity contribution is 5.82. The van der Waals surface area contributed by atoms with Crippen molar-refractivity contribution in [2.45, 2.75) is 25.9 Å². The third kappa shape index (κ3) is 3.05. The van der Waals surface area contributed by atoms with E-state index >= 15 is 0 Å². The molecule has 4 rings (SSSR count). The normalized spacial score (nSPS) is 17.8. The molecule has 0 radical (unpaired) electrons. The second-order valence-electron chi connectivity index (χ2n) is 5.96. The van der Waals surface area contributed by atoms with Crippen LogP contribution in [0.4, 0.5) is 4.39 Å². The smallest absolute Gasteiger partial charge is 0.217 e. The number of nitrogens with zero attached hydrogens (tertiary/aromatic N) is 3. The van der Waals surface area contributed by atoms with Gasteiger partial charge >= 0.3 is 0 Å². The summed E-state index contributed by atoms with van der Waals surface area (Å²) in [5.74, 6) is 0.535. The van der Waals surface area contributed by atoms with Gasteiger partial charge in [0.05, 0.1) is 12.8 Å². The average molecular weight is 341 g/mol. The van der Waals surface area contributed by atoms with Crippen LogP contribution in [0, 0.1) is 5.82 Å². The second-order valence-corrected chi connectivity index (χ2v) is 5.96. The second kappa shape index (κ2) is 6.16. The van der Waals surface area contributed by atoms with Crippen LogP contribution in [0.25, 0.3) is 5.65 Å². The molecule has 0 unspecified atom stereocenters. The Balaban J connectivity index is 1.79. The Bertz CT molecular complexity index is 954. The predicted molar refractivity (Wildman–Crippen MR) is 87.3 cm³/mol. The van der Waals surface area contributed by atoms with Gasteiger partial charge in [0.25, 0.3) is 0 Å². The molecule has 128 valence electrons. The van der Waals surface area contributed by atoms with Gasteiger partial charge in [-0.3, -0.25) is 4.79 Å². The molecule has 0 saturated heterocycles. The van der Waals surface area contributed by atoms with E-state index in [4.69, 9.17) is 9.47 Å². The lowest BCUT2D eigenvalue weighted by atomic mass is 10.1. The Morgan fingerprint density at radius 2 is 2.20 bits per heavy atom. The zero-order valence-electron chi connectivity index (χ0n) is 13.6. The van der Waals surface area contributed by atoms with Crippen molar-refractivity contribution >= 4 is 11.4 Å². The standard InChI is InChI=1S/C18H16FN3O3/c1-11-15-9-13(19)2-3-16(15)24-7-5-14(23)8-12-10-20-22-6-4-17(25-11)21-18(12)22/h2-4,6,9-11H,5,7-8H2,1H3/t11-/m1/s1.